The predicted octanol–water partition coefficient (Wildman–Crippen LogP) is 0.771. The highest BCUT2D eigenvalue weighted by Crippen LogP contribution is 2.09. The molecule has 0 N–H and O–H groups in total. The molecule has 0 rings (SSSR count). The molecule has 0 aliphatic rings. The van der Waals surface area contributed by atoms with Crippen molar-refractivity contribution in [1.29, 1.82) is 0 Å². The molecule has 0 saturated heterocycles. The molecular formula is C16H34BrNO2. The van der Waals surface area contributed by atoms with E-state index in [0.717, 1.165) is 17.4 Å². The van der Waals surface area contributed by atoms with Gasteiger partial charge in [0, 0.05) is 6.42 Å². The number of carbonyl (C=O) groups is 1. The Morgan fingerprint density at radius 3 is 2.05 bits per heavy atom. The minimum atomic E-state index is -0.0536. The lowest BCUT2D eigenvalue weighted by Crippen LogP contribution is -3.00. The average Bonchev–Trinajstić information content (AvgIpc) is 2.33. The summed E-state index contributed by atoms with van der Waals surface area (Å²) >= 11 is 0. The second kappa shape index (κ2) is 13.9. The van der Waals surface area contributed by atoms with Gasteiger partial charge in [-0.1, -0.05) is 32.6 Å². The summed E-state index contributed by atoms with van der Waals surface area (Å²) in [7, 11) is 4.52. The Morgan fingerprint density at radius 2 is 1.45 bits per heavy atom. The van der Waals surface area contributed by atoms with Crippen LogP contribution >= 0.6 is 0 Å². The number of halogens is 1. The zero-order chi connectivity index (χ0) is 14.6. The molecule has 0 saturated carbocycles. The van der Waals surface area contributed by atoms with E-state index in [1.807, 2.05) is 6.92 Å². The number of carbonyl (C=O) groups excluding carboxylic acids is 1. The van der Waals surface area contributed by atoms with Crippen LogP contribution in [0.2, 0.25) is 0 Å². The molecule has 20 heavy (non-hydrogen) atoms. The normalized spacial score (nSPS) is 11.0. The van der Waals surface area contributed by atoms with E-state index in [1.165, 1.54) is 45.1 Å². The number of hydrogen-bond acceptors (Lipinski definition) is 2. The molecule has 3 nitrogen and oxygen atoms in total. The van der Waals surface area contributed by atoms with E-state index in [-0.39, 0.29) is 23.0 Å². The summed E-state index contributed by atoms with van der Waals surface area (Å²) in [6.45, 7) is 6.89. The van der Waals surface area contributed by atoms with Crippen LogP contribution in [0, 0.1) is 0 Å². The number of nitrogens with zero attached hydrogens (tertiary/aromatic N) is 1. The van der Waals surface area contributed by atoms with Crippen LogP contribution in [0.1, 0.15) is 65.2 Å². The van der Waals surface area contributed by atoms with Gasteiger partial charge in [0.05, 0.1) is 40.2 Å². The van der Waals surface area contributed by atoms with Crippen LogP contribution in [-0.2, 0) is 9.53 Å². The summed E-state index contributed by atoms with van der Waals surface area (Å²) < 4.78 is 5.97. The molecule has 0 aromatic rings. The van der Waals surface area contributed by atoms with E-state index in [1.54, 1.807) is 0 Å². The first-order chi connectivity index (χ1) is 9.02. The molecular weight excluding hydrogens is 318 g/mol. The first-order valence-corrected chi connectivity index (χ1v) is 7.99. The molecule has 0 radical (unpaired) electrons. The molecule has 0 atom stereocenters. The van der Waals surface area contributed by atoms with E-state index in [2.05, 4.69) is 21.0 Å². The van der Waals surface area contributed by atoms with Gasteiger partial charge in [0.15, 0.2) is 0 Å². The predicted molar refractivity (Wildman–Crippen MR) is 81.1 cm³/mol. The fraction of sp³-hybridized carbons (Fsp3) is 0.938. The van der Waals surface area contributed by atoms with Crippen molar-refractivity contribution in [3.8, 4) is 0 Å². The van der Waals surface area contributed by atoms with Crippen LogP contribution in [0.3, 0.4) is 0 Å². The van der Waals surface area contributed by atoms with Crippen molar-refractivity contribution in [2.24, 2.45) is 0 Å². The van der Waals surface area contributed by atoms with Crippen molar-refractivity contribution in [2.75, 3.05) is 33.8 Å². The van der Waals surface area contributed by atoms with Crippen molar-refractivity contribution >= 4 is 5.97 Å². The second-order valence-electron chi connectivity index (χ2n) is 6.06. The van der Waals surface area contributed by atoms with E-state index < -0.39 is 0 Å². The number of ether oxygens (including phenoxy) is 1. The van der Waals surface area contributed by atoms with Gasteiger partial charge in [-0.3, -0.25) is 4.79 Å². The first-order valence-electron chi connectivity index (χ1n) is 7.99. The minimum absolute atomic E-state index is 0. The third kappa shape index (κ3) is 14.3. The summed E-state index contributed by atoms with van der Waals surface area (Å²) in [6.07, 6.45) is 9.58. The number of rotatable bonds is 12. The minimum Gasteiger partial charge on any atom is -1.00 e. The Hall–Kier alpha value is -0.0900. The summed E-state index contributed by atoms with van der Waals surface area (Å²) in [4.78, 5) is 11.3. The molecule has 0 fully saturated rings. The zero-order valence-corrected chi connectivity index (χ0v) is 15.5. The first kappa shape index (κ1) is 22.2. The Morgan fingerprint density at radius 1 is 0.900 bits per heavy atom. The molecule has 4 heteroatoms. The number of quaternary nitrogens is 1. The lowest BCUT2D eigenvalue weighted by atomic mass is 10.1. The van der Waals surface area contributed by atoms with Crippen molar-refractivity contribution in [3.05, 3.63) is 0 Å². The van der Waals surface area contributed by atoms with Crippen LogP contribution < -0.4 is 17.0 Å². The Bertz CT molecular complexity index is 233. The molecule has 0 amide bonds. The average molecular weight is 352 g/mol. The molecule has 122 valence electrons. The molecule has 0 bridgehead atoms. The summed E-state index contributed by atoms with van der Waals surface area (Å²) in [6, 6.07) is 0. The molecule has 0 unspecified atom stereocenters. The highest BCUT2D eigenvalue weighted by molar-refractivity contribution is 5.69. The lowest BCUT2D eigenvalue weighted by Gasteiger charge is -2.29. The van der Waals surface area contributed by atoms with Crippen molar-refractivity contribution < 1.29 is 31.0 Å². The largest absolute Gasteiger partial charge is 1.00 e. The summed E-state index contributed by atoms with van der Waals surface area (Å²) in [5.41, 5.74) is 0. The summed E-state index contributed by atoms with van der Waals surface area (Å²) in [5.74, 6) is -0.0536. The highest BCUT2D eigenvalue weighted by atomic mass is 79.9. The maximum atomic E-state index is 11.3. The fourth-order valence-corrected chi connectivity index (χ4v) is 2.32. The van der Waals surface area contributed by atoms with Gasteiger partial charge in [0.1, 0.15) is 0 Å². The molecule has 0 heterocycles. The standard InChI is InChI=1S/C16H34NO2.BrH/c1-5-7-8-9-10-11-14-17(3,4)15-12-13-16(18)19-6-2;/h5-15H2,1-4H3;1H/q+1;/p-1. The van der Waals surface area contributed by atoms with Gasteiger partial charge in [-0.2, -0.15) is 0 Å². The van der Waals surface area contributed by atoms with Crippen molar-refractivity contribution in [2.45, 2.75) is 65.2 Å². The third-order valence-corrected chi connectivity index (χ3v) is 3.57. The van der Waals surface area contributed by atoms with Gasteiger partial charge in [0.25, 0.3) is 0 Å². The lowest BCUT2D eigenvalue weighted by molar-refractivity contribution is -0.890. The molecule has 0 spiro atoms. The third-order valence-electron chi connectivity index (χ3n) is 3.57. The Labute approximate surface area is 136 Å². The van der Waals surface area contributed by atoms with Gasteiger partial charge in [-0.15, -0.1) is 0 Å². The fourth-order valence-electron chi connectivity index (χ4n) is 2.32. The number of unbranched alkanes of at least 4 members (excludes halogenated alkanes) is 5. The van der Waals surface area contributed by atoms with Crippen LogP contribution in [0.5, 0.6) is 0 Å². The summed E-state index contributed by atoms with van der Waals surface area (Å²) in [5, 5.41) is 0. The van der Waals surface area contributed by atoms with Gasteiger partial charge in [-0.05, 0) is 19.8 Å². The van der Waals surface area contributed by atoms with Gasteiger partial charge in [-0.25, -0.2) is 0 Å². The second-order valence-corrected chi connectivity index (χ2v) is 6.06. The smallest absolute Gasteiger partial charge is 0.305 e. The highest BCUT2D eigenvalue weighted by Gasteiger charge is 2.15. The molecule has 0 aliphatic carbocycles. The Kier molecular flexibility index (Phi) is 15.4. The number of hydrogen-bond donors (Lipinski definition) is 0. The van der Waals surface area contributed by atoms with Crippen LogP contribution in [0.4, 0.5) is 0 Å². The molecule has 0 aromatic carbocycles. The number of esters is 1. The maximum absolute atomic E-state index is 11.3. The molecule has 0 aromatic heterocycles. The SMILES string of the molecule is CCCCCCCC[N+](C)(C)CCCC(=O)OCC.[Br-]. The van der Waals surface area contributed by atoms with Crippen LogP contribution in [0.25, 0.3) is 0 Å². The quantitative estimate of drug-likeness (QED) is 0.295. The van der Waals surface area contributed by atoms with Gasteiger partial charge < -0.3 is 26.2 Å². The van der Waals surface area contributed by atoms with Crippen molar-refractivity contribution in [1.82, 2.24) is 0 Å². The van der Waals surface area contributed by atoms with Crippen LogP contribution in [-0.4, -0.2) is 44.2 Å². The Balaban J connectivity index is 0. The van der Waals surface area contributed by atoms with Crippen LogP contribution in [0.15, 0.2) is 0 Å². The maximum Gasteiger partial charge on any atom is 0.305 e. The van der Waals surface area contributed by atoms with E-state index in [0.29, 0.717) is 13.0 Å². The van der Waals surface area contributed by atoms with E-state index in [9.17, 15) is 4.79 Å². The van der Waals surface area contributed by atoms with Gasteiger partial charge >= 0.3 is 5.97 Å². The topological polar surface area (TPSA) is 26.3 Å². The van der Waals surface area contributed by atoms with Crippen molar-refractivity contribution in [3.63, 3.8) is 0 Å². The van der Waals surface area contributed by atoms with E-state index in [4.69, 9.17) is 4.74 Å². The zero-order valence-electron chi connectivity index (χ0n) is 13.9. The molecule has 0 aliphatic heterocycles. The van der Waals surface area contributed by atoms with E-state index >= 15 is 0 Å². The van der Waals surface area contributed by atoms with Gasteiger partial charge in [0.2, 0.25) is 0 Å². The monoisotopic (exact) mass is 351 g/mol.